The van der Waals surface area contributed by atoms with E-state index in [0.29, 0.717) is 6.54 Å². The molecule has 0 heterocycles. The van der Waals surface area contributed by atoms with Gasteiger partial charge in [0, 0.05) is 17.4 Å². The first kappa shape index (κ1) is 13.6. The number of carbonyl (C=O) groups excluding carboxylic acids is 1. The van der Waals surface area contributed by atoms with E-state index in [1.807, 2.05) is 0 Å². The lowest BCUT2D eigenvalue weighted by atomic mass is 10.2. The molecular weight excluding hydrogens is 282 g/mol. The lowest BCUT2D eigenvalue weighted by Crippen LogP contribution is -2.24. The average Bonchev–Trinajstić information content (AvgIpc) is 2.28. The number of unbranched alkanes of at least 4 members (excludes halogenated alkanes) is 2. The number of hydrogen-bond donors (Lipinski definition) is 2. The maximum Gasteiger partial charge on any atom is 0.255 e. The van der Waals surface area contributed by atoms with E-state index in [1.165, 1.54) is 6.07 Å². The number of phenols is 1. The van der Waals surface area contributed by atoms with Crippen molar-refractivity contribution in [3.05, 3.63) is 28.2 Å². The number of benzene rings is 1. The molecule has 4 heteroatoms. The summed E-state index contributed by atoms with van der Waals surface area (Å²) in [6, 6.07) is 4.79. The van der Waals surface area contributed by atoms with Crippen LogP contribution >= 0.6 is 15.9 Å². The van der Waals surface area contributed by atoms with E-state index in [1.54, 1.807) is 12.1 Å². The van der Waals surface area contributed by atoms with E-state index in [0.717, 1.165) is 23.7 Å². The van der Waals surface area contributed by atoms with Crippen LogP contribution in [0.4, 0.5) is 0 Å². The van der Waals surface area contributed by atoms with Crippen molar-refractivity contribution in [1.29, 1.82) is 0 Å². The summed E-state index contributed by atoms with van der Waals surface area (Å²) in [5.41, 5.74) is 0.283. The minimum atomic E-state index is -0.268. The van der Waals surface area contributed by atoms with Crippen molar-refractivity contribution < 1.29 is 9.90 Å². The molecule has 0 saturated carbocycles. The lowest BCUT2D eigenvalue weighted by molar-refractivity contribution is 0.0950. The van der Waals surface area contributed by atoms with E-state index in [9.17, 15) is 9.90 Å². The molecule has 0 radical (unpaired) electrons. The number of rotatable bonds is 5. The van der Waals surface area contributed by atoms with Gasteiger partial charge in [-0.25, -0.2) is 0 Å². The van der Waals surface area contributed by atoms with Crippen LogP contribution in [0.3, 0.4) is 0 Å². The molecule has 90 valence electrons. The topological polar surface area (TPSA) is 49.3 Å². The summed E-state index contributed by atoms with van der Waals surface area (Å²) in [6.45, 7) is 0.565. The van der Waals surface area contributed by atoms with Gasteiger partial charge in [0.15, 0.2) is 0 Å². The van der Waals surface area contributed by atoms with Gasteiger partial charge in [0.25, 0.3) is 5.91 Å². The molecule has 0 atom stereocenters. The van der Waals surface area contributed by atoms with Gasteiger partial charge in [-0.3, -0.25) is 4.79 Å². The third-order valence-electron chi connectivity index (χ3n) is 2.24. The molecule has 0 bridgehead atoms. The third-order valence-corrected chi connectivity index (χ3v) is 2.73. The fourth-order valence-electron chi connectivity index (χ4n) is 1.35. The number of nitrogens with one attached hydrogen (secondary N) is 1. The molecule has 1 rings (SSSR count). The minimum absolute atomic E-state index is 0.0273. The van der Waals surface area contributed by atoms with Crippen molar-refractivity contribution >= 4 is 21.8 Å². The lowest BCUT2D eigenvalue weighted by Gasteiger charge is -2.06. The Bertz CT molecular complexity index is 438. The van der Waals surface area contributed by atoms with Gasteiger partial charge in [-0.2, -0.15) is 0 Å². The Balaban J connectivity index is 2.45. The predicted molar refractivity (Wildman–Crippen MR) is 70.8 cm³/mol. The molecule has 3 nitrogen and oxygen atoms in total. The molecule has 1 amide bonds. The van der Waals surface area contributed by atoms with Crippen molar-refractivity contribution in [1.82, 2.24) is 5.32 Å². The standard InChI is InChI=1S/C13H14BrNO2/c1-2-3-4-5-8-15-13(17)11-7-6-10(14)9-12(11)16/h1,6-7,9,16H,3-5,8H2,(H,15,17). The van der Waals surface area contributed by atoms with Gasteiger partial charge in [0.2, 0.25) is 0 Å². The van der Waals surface area contributed by atoms with Crippen molar-refractivity contribution in [2.24, 2.45) is 0 Å². The first-order chi connectivity index (χ1) is 8.15. The Labute approximate surface area is 109 Å². The first-order valence-electron chi connectivity index (χ1n) is 5.35. The maximum atomic E-state index is 11.7. The highest BCUT2D eigenvalue weighted by Crippen LogP contribution is 2.21. The molecule has 0 aliphatic rings. The smallest absolute Gasteiger partial charge is 0.255 e. The van der Waals surface area contributed by atoms with Crippen LogP contribution in [0.5, 0.6) is 5.75 Å². The number of hydrogen-bond acceptors (Lipinski definition) is 2. The van der Waals surface area contributed by atoms with Gasteiger partial charge < -0.3 is 10.4 Å². The maximum absolute atomic E-state index is 11.7. The van der Waals surface area contributed by atoms with Gasteiger partial charge in [0.05, 0.1) is 5.56 Å². The van der Waals surface area contributed by atoms with Gasteiger partial charge in [-0.05, 0) is 31.0 Å². The number of carbonyl (C=O) groups is 1. The van der Waals surface area contributed by atoms with Crippen LogP contribution in [0, 0.1) is 12.3 Å². The van der Waals surface area contributed by atoms with Gasteiger partial charge >= 0.3 is 0 Å². The van der Waals surface area contributed by atoms with Gasteiger partial charge in [0.1, 0.15) is 5.75 Å². The van der Waals surface area contributed by atoms with Crippen LogP contribution in [0.15, 0.2) is 22.7 Å². The molecule has 1 aromatic rings. The monoisotopic (exact) mass is 295 g/mol. The molecule has 0 aliphatic carbocycles. The zero-order valence-corrected chi connectivity index (χ0v) is 11.0. The largest absolute Gasteiger partial charge is 0.507 e. The zero-order chi connectivity index (χ0) is 12.7. The zero-order valence-electron chi connectivity index (χ0n) is 9.37. The van der Waals surface area contributed by atoms with Crippen molar-refractivity contribution in [2.45, 2.75) is 19.3 Å². The molecule has 0 aliphatic heterocycles. The Morgan fingerprint density at radius 1 is 1.47 bits per heavy atom. The van der Waals surface area contributed by atoms with Gasteiger partial charge in [-0.1, -0.05) is 15.9 Å². The van der Waals surface area contributed by atoms with E-state index in [2.05, 4.69) is 27.2 Å². The number of aromatic hydroxyl groups is 1. The Morgan fingerprint density at radius 3 is 2.88 bits per heavy atom. The summed E-state index contributed by atoms with van der Waals surface area (Å²) in [5.74, 6) is 2.25. The summed E-state index contributed by atoms with van der Waals surface area (Å²) in [6.07, 6.45) is 7.57. The van der Waals surface area contributed by atoms with Crippen LogP contribution in [-0.4, -0.2) is 17.6 Å². The Kier molecular flexibility index (Phi) is 5.58. The van der Waals surface area contributed by atoms with Gasteiger partial charge in [-0.15, -0.1) is 12.3 Å². The highest BCUT2D eigenvalue weighted by atomic mass is 79.9. The summed E-state index contributed by atoms with van der Waals surface area (Å²) in [5, 5.41) is 12.3. The van der Waals surface area contributed by atoms with E-state index in [-0.39, 0.29) is 17.2 Å². The summed E-state index contributed by atoms with van der Waals surface area (Å²) >= 11 is 3.22. The predicted octanol–water partition coefficient (Wildman–Crippen LogP) is 2.69. The number of halogens is 1. The normalized spacial score (nSPS) is 9.65. The molecule has 0 spiro atoms. The average molecular weight is 296 g/mol. The number of amides is 1. The van der Waals surface area contributed by atoms with Crippen molar-refractivity contribution in [3.63, 3.8) is 0 Å². The number of terminal acetylenes is 1. The molecule has 1 aromatic carbocycles. The van der Waals surface area contributed by atoms with E-state index in [4.69, 9.17) is 6.42 Å². The summed E-state index contributed by atoms with van der Waals surface area (Å²) in [4.78, 5) is 11.7. The third kappa shape index (κ3) is 4.49. The summed E-state index contributed by atoms with van der Waals surface area (Å²) < 4.78 is 0.737. The second kappa shape index (κ2) is 6.97. The van der Waals surface area contributed by atoms with Crippen LogP contribution in [0.1, 0.15) is 29.6 Å². The second-order valence-corrected chi connectivity index (χ2v) is 4.49. The van der Waals surface area contributed by atoms with E-state index >= 15 is 0 Å². The molecule has 17 heavy (non-hydrogen) atoms. The van der Waals surface area contributed by atoms with Crippen molar-refractivity contribution in [2.75, 3.05) is 6.54 Å². The highest BCUT2D eigenvalue weighted by molar-refractivity contribution is 9.10. The van der Waals surface area contributed by atoms with Crippen LogP contribution in [-0.2, 0) is 0 Å². The van der Waals surface area contributed by atoms with E-state index < -0.39 is 0 Å². The minimum Gasteiger partial charge on any atom is -0.507 e. The summed E-state index contributed by atoms with van der Waals surface area (Å²) in [7, 11) is 0. The fraction of sp³-hybridized carbons (Fsp3) is 0.308. The quantitative estimate of drug-likeness (QED) is 0.648. The Morgan fingerprint density at radius 2 is 2.24 bits per heavy atom. The van der Waals surface area contributed by atoms with Crippen molar-refractivity contribution in [3.8, 4) is 18.1 Å². The molecule has 2 N–H and O–H groups in total. The molecule has 0 unspecified atom stereocenters. The molecule has 0 saturated heterocycles. The van der Waals surface area contributed by atoms with Crippen LogP contribution in [0.2, 0.25) is 0 Å². The van der Waals surface area contributed by atoms with Crippen LogP contribution in [0.25, 0.3) is 0 Å². The number of phenolic OH excluding ortho intramolecular Hbond substituents is 1. The second-order valence-electron chi connectivity index (χ2n) is 3.58. The first-order valence-corrected chi connectivity index (χ1v) is 6.14. The highest BCUT2D eigenvalue weighted by Gasteiger charge is 2.10. The fourth-order valence-corrected chi connectivity index (χ4v) is 1.70. The molecular formula is C13H14BrNO2. The molecule has 0 fully saturated rings. The Hall–Kier alpha value is -1.47. The SMILES string of the molecule is C#CCCCCNC(=O)c1ccc(Br)cc1O. The van der Waals surface area contributed by atoms with Crippen LogP contribution < -0.4 is 5.32 Å². The molecule has 0 aromatic heterocycles.